The van der Waals surface area contributed by atoms with E-state index in [9.17, 15) is 13.5 Å². The first-order valence-corrected chi connectivity index (χ1v) is 7.22. The van der Waals surface area contributed by atoms with Gasteiger partial charge in [0.1, 0.15) is 5.75 Å². The van der Waals surface area contributed by atoms with Gasteiger partial charge in [0.05, 0.1) is 10.6 Å². The van der Waals surface area contributed by atoms with Crippen molar-refractivity contribution in [3.63, 3.8) is 0 Å². The second-order valence-electron chi connectivity index (χ2n) is 4.41. The van der Waals surface area contributed by atoms with Crippen molar-refractivity contribution in [3.05, 3.63) is 0 Å². The SMILES string of the molecule is CN(CC1(O)CCCC1)S(=O)(=O)CC(N)=S. The van der Waals surface area contributed by atoms with E-state index in [1.54, 1.807) is 0 Å². The minimum Gasteiger partial charge on any atom is -0.392 e. The van der Waals surface area contributed by atoms with Gasteiger partial charge in [-0.15, -0.1) is 0 Å². The zero-order valence-electron chi connectivity index (χ0n) is 9.35. The molecule has 94 valence electrons. The van der Waals surface area contributed by atoms with Crippen LogP contribution < -0.4 is 5.73 Å². The zero-order valence-corrected chi connectivity index (χ0v) is 11.0. The number of likely N-dealkylation sites (N-methyl/N-ethyl adjacent to an activating group) is 1. The molecule has 16 heavy (non-hydrogen) atoms. The van der Waals surface area contributed by atoms with E-state index < -0.39 is 15.6 Å². The molecule has 1 fully saturated rings. The lowest BCUT2D eigenvalue weighted by atomic mass is 10.0. The predicted octanol–water partition coefficient (Wildman–Crippen LogP) is -0.161. The molecule has 1 aliphatic rings. The molecule has 0 aromatic rings. The van der Waals surface area contributed by atoms with Crippen molar-refractivity contribution >= 4 is 27.2 Å². The van der Waals surface area contributed by atoms with Crippen molar-refractivity contribution in [2.75, 3.05) is 19.3 Å². The van der Waals surface area contributed by atoms with E-state index in [1.165, 1.54) is 7.05 Å². The van der Waals surface area contributed by atoms with Crippen molar-refractivity contribution in [1.82, 2.24) is 4.31 Å². The van der Waals surface area contributed by atoms with E-state index in [0.717, 1.165) is 17.1 Å². The average Bonchev–Trinajstić information content (AvgIpc) is 2.49. The van der Waals surface area contributed by atoms with Crippen LogP contribution in [0.25, 0.3) is 0 Å². The van der Waals surface area contributed by atoms with Crippen molar-refractivity contribution in [3.8, 4) is 0 Å². The molecule has 0 unspecified atom stereocenters. The van der Waals surface area contributed by atoms with Gasteiger partial charge in [-0.2, -0.15) is 0 Å². The van der Waals surface area contributed by atoms with Crippen molar-refractivity contribution in [1.29, 1.82) is 0 Å². The van der Waals surface area contributed by atoms with Crippen LogP contribution in [-0.2, 0) is 10.0 Å². The van der Waals surface area contributed by atoms with Gasteiger partial charge >= 0.3 is 0 Å². The Hall–Kier alpha value is -0.240. The predicted molar refractivity (Wildman–Crippen MR) is 66.6 cm³/mol. The maximum Gasteiger partial charge on any atom is 0.220 e. The van der Waals surface area contributed by atoms with E-state index in [1.807, 2.05) is 0 Å². The molecule has 7 heteroatoms. The minimum atomic E-state index is -3.48. The third-order valence-electron chi connectivity index (χ3n) is 2.85. The lowest BCUT2D eigenvalue weighted by Crippen LogP contribution is -2.44. The summed E-state index contributed by atoms with van der Waals surface area (Å²) >= 11 is 4.58. The van der Waals surface area contributed by atoms with Gasteiger partial charge in [0, 0.05) is 13.6 Å². The van der Waals surface area contributed by atoms with Crippen molar-refractivity contribution in [2.45, 2.75) is 31.3 Å². The normalized spacial score (nSPS) is 20.2. The fraction of sp³-hybridized carbons (Fsp3) is 0.889. The number of rotatable bonds is 5. The lowest BCUT2D eigenvalue weighted by molar-refractivity contribution is 0.0334. The van der Waals surface area contributed by atoms with Crippen molar-refractivity contribution < 1.29 is 13.5 Å². The summed E-state index contributed by atoms with van der Waals surface area (Å²) in [5.74, 6) is -0.338. The van der Waals surface area contributed by atoms with Gasteiger partial charge in [-0.1, -0.05) is 25.1 Å². The summed E-state index contributed by atoms with van der Waals surface area (Å²) in [7, 11) is -2.03. The van der Waals surface area contributed by atoms with Gasteiger partial charge < -0.3 is 10.8 Å². The molecule has 3 N–H and O–H groups in total. The molecule has 0 spiro atoms. The maximum absolute atomic E-state index is 11.7. The summed E-state index contributed by atoms with van der Waals surface area (Å²) in [6.45, 7) is 0.123. The van der Waals surface area contributed by atoms with E-state index in [-0.39, 0.29) is 17.3 Å². The van der Waals surface area contributed by atoms with Gasteiger partial charge in [-0.3, -0.25) is 0 Å². The number of hydrogen-bond donors (Lipinski definition) is 2. The van der Waals surface area contributed by atoms with E-state index in [0.29, 0.717) is 12.8 Å². The molecular weight excluding hydrogens is 248 g/mol. The van der Waals surface area contributed by atoms with Crippen LogP contribution in [0.15, 0.2) is 0 Å². The summed E-state index contributed by atoms with van der Waals surface area (Å²) in [5.41, 5.74) is 4.34. The zero-order chi connectivity index (χ0) is 12.4. The summed E-state index contributed by atoms with van der Waals surface area (Å²) in [6.07, 6.45) is 3.19. The minimum absolute atomic E-state index is 0.0507. The molecule has 0 saturated heterocycles. The molecule has 0 radical (unpaired) electrons. The maximum atomic E-state index is 11.7. The van der Waals surface area contributed by atoms with Crippen molar-refractivity contribution in [2.24, 2.45) is 5.73 Å². The molecule has 0 amide bonds. The molecule has 0 aliphatic heterocycles. The van der Waals surface area contributed by atoms with E-state index >= 15 is 0 Å². The molecule has 0 heterocycles. The second-order valence-corrected chi connectivity index (χ2v) is 7.01. The number of aliphatic hydroxyl groups is 1. The molecule has 0 atom stereocenters. The van der Waals surface area contributed by atoms with Gasteiger partial charge in [-0.25, -0.2) is 12.7 Å². The molecule has 0 aromatic carbocycles. The molecule has 1 rings (SSSR count). The van der Waals surface area contributed by atoms with Gasteiger partial charge in [0.2, 0.25) is 10.0 Å². The number of nitrogens with two attached hydrogens (primary N) is 1. The quantitative estimate of drug-likeness (QED) is 0.676. The summed E-state index contributed by atoms with van der Waals surface area (Å²) in [4.78, 5) is -0.0507. The fourth-order valence-corrected chi connectivity index (χ4v) is 3.46. The number of sulfonamides is 1. The van der Waals surface area contributed by atoms with Crippen LogP contribution in [0.5, 0.6) is 0 Å². The monoisotopic (exact) mass is 266 g/mol. The van der Waals surface area contributed by atoms with E-state index in [4.69, 9.17) is 5.73 Å². The Bertz CT molecular complexity index is 361. The van der Waals surface area contributed by atoms with Crippen LogP contribution in [0.3, 0.4) is 0 Å². The average molecular weight is 266 g/mol. The summed E-state index contributed by atoms with van der Waals surface area (Å²) < 4.78 is 24.6. The fourth-order valence-electron chi connectivity index (χ4n) is 1.99. The van der Waals surface area contributed by atoms with Crippen LogP contribution >= 0.6 is 12.2 Å². The Labute approximate surface area is 102 Å². The third-order valence-corrected chi connectivity index (χ3v) is 4.93. The lowest BCUT2D eigenvalue weighted by Gasteiger charge is -2.27. The molecule has 5 nitrogen and oxygen atoms in total. The molecule has 1 saturated carbocycles. The van der Waals surface area contributed by atoms with Crippen LogP contribution in [0.2, 0.25) is 0 Å². The van der Waals surface area contributed by atoms with Crippen LogP contribution in [-0.4, -0.2) is 47.8 Å². The van der Waals surface area contributed by atoms with Gasteiger partial charge in [0.25, 0.3) is 0 Å². The van der Waals surface area contributed by atoms with E-state index in [2.05, 4.69) is 12.2 Å². The number of hydrogen-bond acceptors (Lipinski definition) is 4. The molecule has 0 bridgehead atoms. The van der Waals surface area contributed by atoms with Crippen LogP contribution in [0.4, 0.5) is 0 Å². The Balaban J connectivity index is 2.64. The highest BCUT2D eigenvalue weighted by Crippen LogP contribution is 2.30. The van der Waals surface area contributed by atoms with Crippen LogP contribution in [0, 0.1) is 0 Å². The largest absolute Gasteiger partial charge is 0.392 e. The Morgan fingerprint density at radius 2 is 2.00 bits per heavy atom. The third kappa shape index (κ3) is 3.65. The Kier molecular flexibility index (Phi) is 4.28. The highest BCUT2D eigenvalue weighted by atomic mass is 32.2. The van der Waals surface area contributed by atoms with Gasteiger partial charge in [-0.05, 0) is 12.8 Å². The topological polar surface area (TPSA) is 83.6 Å². The number of thiocarbonyl (C=S) groups is 1. The standard InChI is InChI=1S/C9H18N2O3S2/c1-11(16(13,14)6-8(10)15)7-9(12)4-2-3-5-9/h12H,2-7H2,1H3,(H2,10,15). The molecule has 0 aromatic heterocycles. The second kappa shape index (κ2) is 4.95. The van der Waals surface area contributed by atoms with Gasteiger partial charge in [0.15, 0.2) is 0 Å². The highest BCUT2D eigenvalue weighted by molar-refractivity contribution is 7.92. The Morgan fingerprint density at radius 1 is 1.50 bits per heavy atom. The number of nitrogens with zero attached hydrogens (tertiary/aromatic N) is 1. The first-order valence-electron chi connectivity index (χ1n) is 5.20. The van der Waals surface area contributed by atoms with Crippen LogP contribution in [0.1, 0.15) is 25.7 Å². The first-order chi connectivity index (χ1) is 7.25. The molecular formula is C9H18N2O3S2. The summed E-state index contributed by atoms with van der Waals surface area (Å²) in [5, 5.41) is 10.1. The first kappa shape index (κ1) is 13.8. The Morgan fingerprint density at radius 3 is 2.44 bits per heavy atom. The summed E-state index contributed by atoms with van der Waals surface area (Å²) in [6, 6.07) is 0. The highest BCUT2D eigenvalue weighted by Gasteiger charge is 2.35. The molecule has 1 aliphatic carbocycles. The smallest absolute Gasteiger partial charge is 0.220 e.